The molecular weight excluding hydrogens is 238 g/mol. The quantitative estimate of drug-likeness (QED) is 0.781. The Morgan fingerprint density at radius 1 is 1.41 bits per heavy atom. The molecule has 2 heterocycles. The molecule has 1 atom stereocenters. The van der Waals surface area contributed by atoms with Crippen molar-refractivity contribution in [1.82, 2.24) is 14.4 Å². The number of imidazole rings is 1. The first kappa shape index (κ1) is 10.7. The van der Waals surface area contributed by atoms with Crippen LogP contribution in [0.1, 0.15) is 37.4 Å². The highest BCUT2D eigenvalue weighted by Gasteiger charge is 2.24. The van der Waals surface area contributed by atoms with E-state index in [-0.39, 0.29) is 5.92 Å². The Kier molecular flexibility index (Phi) is 2.59. The maximum atomic E-state index is 11.5. The summed E-state index contributed by atoms with van der Waals surface area (Å²) in [5.74, 6) is 1.48. The van der Waals surface area contributed by atoms with Crippen LogP contribution in [0.5, 0.6) is 0 Å². The van der Waals surface area contributed by atoms with Crippen molar-refractivity contribution in [2.75, 3.05) is 0 Å². The summed E-state index contributed by atoms with van der Waals surface area (Å²) in [5.41, 5.74) is 0.808. The maximum absolute atomic E-state index is 11.5. The number of carbonyl (C=O) groups is 1. The van der Waals surface area contributed by atoms with Crippen molar-refractivity contribution >= 4 is 22.9 Å². The van der Waals surface area contributed by atoms with Crippen molar-refractivity contribution in [1.29, 1.82) is 0 Å². The fourth-order valence-electron chi connectivity index (χ4n) is 2.46. The van der Waals surface area contributed by atoms with Crippen LogP contribution in [0.15, 0.2) is 18.6 Å². The minimum Gasteiger partial charge on any atom is -0.300 e. The van der Waals surface area contributed by atoms with E-state index in [2.05, 4.69) is 9.97 Å². The Balaban J connectivity index is 2.05. The van der Waals surface area contributed by atoms with Crippen LogP contribution in [0.3, 0.4) is 0 Å². The average molecular weight is 250 g/mol. The lowest BCUT2D eigenvalue weighted by atomic mass is 9.88. The summed E-state index contributed by atoms with van der Waals surface area (Å²) >= 11 is 6.00. The molecule has 0 saturated heterocycles. The van der Waals surface area contributed by atoms with Gasteiger partial charge >= 0.3 is 0 Å². The van der Waals surface area contributed by atoms with Crippen molar-refractivity contribution in [3.05, 3.63) is 29.6 Å². The lowest BCUT2D eigenvalue weighted by molar-refractivity contribution is -0.120. The topological polar surface area (TPSA) is 47.3 Å². The van der Waals surface area contributed by atoms with Crippen LogP contribution in [0, 0.1) is 0 Å². The van der Waals surface area contributed by atoms with Gasteiger partial charge in [-0.3, -0.25) is 9.20 Å². The third kappa shape index (κ3) is 1.82. The van der Waals surface area contributed by atoms with Crippen molar-refractivity contribution in [3.8, 4) is 0 Å². The van der Waals surface area contributed by atoms with E-state index in [9.17, 15) is 4.79 Å². The largest absolute Gasteiger partial charge is 0.300 e. The number of nitrogens with zero attached hydrogens (tertiary/aromatic N) is 3. The zero-order chi connectivity index (χ0) is 11.8. The van der Waals surface area contributed by atoms with E-state index in [1.54, 1.807) is 12.4 Å². The Hall–Kier alpha value is -1.42. The zero-order valence-corrected chi connectivity index (χ0v) is 10.0. The minimum atomic E-state index is 0.220. The van der Waals surface area contributed by atoms with E-state index in [0.29, 0.717) is 23.8 Å². The number of ketones is 1. The Morgan fingerprint density at radius 2 is 2.29 bits per heavy atom. The highest BCUT2D eigenvalue weighted by atomic mass is 35.5. The van der Waals surface area contributed by atoms with Crippen LogP contribution < -0.4 is 0 Å². The summed E-state index contributed by atoms with van der Waals surface area (Å²) in [6.07, 6.45) is 8.51. The van der Waals surface area contributed by atoms with Gasteiger partial charge in [-0.1, -0.05) is 11.6 Å². The van der Waals surface area contributed by atoms with Gasteiger partial charge in [0.25, 0.3) is 0 Å². The predicted octanol–water partition coefficient (Wildman–Crippen LogP) is 2.61. The number of aromatic nitrogens is 3. The molecule has 1 aliphatic rings. The number of hydrogen-bond donors (Lipinski definition) is 0. The molecule has 0 aromatic carbocycles. The Bertz CT molecular complexity index is 578. The molecule has 17 heavy (non-hydrogen) atoms. The molecule has 4 nitrogen and oxygen atoms in total. The fraction of sp³-hybridized carbons (Fsp3) is 0.417. The Labute approximate surface area is 104 Å². The maximum Gasteiger partial charge on any atom is 0.154 e. The van der Waals surface area contributed by atoms with Gasteiger partial charge in [-0.05, 0) is 12.8 Å². The van der Waals surface area contributed by atoms with E-state index in [0.717, 1.165) is 24.2 Å². The summed E-state index contributed by atoms with van der Waals surface area (Å²) in [7, 11) is 0. The van der Waals surface area contributed by atoms with Gasteiger partial charge in [-0.15, -0.1) is 0 Å². The number of Topliss-reactive ketones (excluding diaryl/α,β-unsaturated/α-hetero) is 1. The van der Waals surface area contributed by atoms with Gasteiger partial charge < -0.3 is 0 Å². The van der Waals surface area contributed by atoms with E-state index in [1.807, 2.05) is 10.6 Å². The first-order valence-electron chi connectivity index (χ1n) is 5.75. The minimum absolute atomic E-state index is 0.220. The molecule has 0 N–H and O–H groups in total. The molecule has 0 bridgehead atoms. The second kappa shape index (κ2) is 4.11. The van der Waals surface area contributed by atoms with E-state index < -0.39 is 0 Å². The van der Waals surface area contributed by atoms with Crippen molar-refractivity contribution in [2.24, 2.45) is 0 Å². The summed E-state index contributed by atoms with van der Waals surface area (Å²) in [4.78, 5) is 19.9. The van der Waals surface area contributed by atoms with Gasteiger partial charge in [0.2, 0.25) is 0 Å². The van der Waals surface area contributed by atoms with Gasteiger partial charge in [0.1, 0.15) is 17.1 Å². The second-order valence-corrected chi connectivity index (χ2v) is 4.78. The second-order valence-electron chi connectivity index (χ2n) is 4.42. The van der Waals surface area contributed by atoms with Gasteiger partial charge in [0, 0.05) is 31.2 Å². The molecular formula is C12H12ClN3O. The molecule has 88 valence electrons. The monoisotopic (exact) mass is 249 g/mol. The summed E-state index contributed by atoms with van der Waals surface area (Å²) in [6, 6.07) is 0. The normalized spacial score (nSPS) is 21.0. The van der Waals surface area contributed by atoms with Crippen molar-refractivity contribution in [2.45, 2.75) is 31.6 Å². The van der Waals surface area contributed by atoms with Crippen LogP contribution in [-0.2, 0) is 4.79 Å². The van der Waals surface area contributed by atoms with Crippen LogP contribution in [0.2, 0.25) is 5.15 Å². The van der Waals surface area contributed by atoms with Gasteiger partial charge in [0.15, 0.2) is 5.15 Å². The van der Waals surface area contributed by atoms with Gasteiger partial charge in [0.05, 0.1) is 6.20 Å². The van der Waals surface area contributed by atoms with E-state index in [4.69, 9.17) is 11.6 Å². The number of rotatable bonds is 1. The molecule has 1 fully saturated rings. The standard InChI is InChI=1S/C12H12ClN3O/c13-11-10-7-15-12(16(10)5-4-14-11)8-2-1-3-9(17)6-8/h4-5,7-8H,1-3,6H2. The first-order chi connectivity index (χ1) is 8.25. The molecule has 0 radical (unpaired) electrons. The fourth-order valence-corrected chi connectivity index (χ4v) is 2.66. The van der Waals surface area contributed by atoms with Gasteiger partial charge in [-0.25, -0.2) is 9.97 Å². The van der Waals surface area contributed by atoms with Crippen molar-refractivity contribution < 1.29 is 4.79 Å². The lowest BCUT2D eigenvalue weighted by Crippen LogP contribution is -2.15. The lowest BCUT2D eigenvalue weighted by Gasteiger charge is -2.19. The van der Waals surface area contributed by atoms with Crippen molar-refractivity contribution in [3.63, 3.8) is 0 Å². The molecule has 0 amide bonds. The molecule has 1 saturated carbocycles. The molecule has 2 aromatic rings. The van der Waals surface area contributed by atoms with E-state index >= 15 is 0 Å². The molecule has 0 spiro atoms. The third-order valence-corrected chi connectivity index (χ3v) is 3.58. The highest BCUT2D eigenvalue weighted by molar-refractivity contribution is 6.32. The third-order valence-electron chi connectivity index (χ3n) is 3.29. The van der Waals surface area contributed by atoms with E-state index in [1.165, 1.54) is 0 Å². The van der Waals surface area contributed by atoms with Gasteiger partial charge in [-0.2, -0.15) is 0 Å². The van der Waals surface area contributed by atoms with Crippen LogP contribution in [0.4, 0.5) is 0 Å². The van der Waals surface area contributed by atoms with Crippen LogP contribution >= 0.6 is 11.6 Å². The Morgan fingerprint density at radius 3 is 3.12 bits per heavy atom. The number of carbonyl (C=O) groups excluding carboxylic acids is 1. The molecule has 0 aliphatic heterocycles. The summed E-state index contributed by atoms with van der Waals surface area (Å²) in [5, 5.41) is 0.452. The summed E-state index contributed by atoms with van der Waals surface area (Å²) in [6.45, 7) is 0. The summed E-state index contributed by atoms with van der Waals surface area (Å²) < 4.78 is 1.94. The molecule has 1 aliphatic carbocycles. The number of hydrogen-bond acceptors (Lipinski definition) is 3. The molecule has 5 heteroatoms. The van der Waals surface area contributed by atoms with Crippen LogP contribution in [0.25, 0.3) is 5.52 Å². The SMILES string of the molecule is O=C1CCCC(c2ncc3c(Cl)nccn23)C1. The molecule has 1 unspecified atom stereocenters. The average Bonchev–Trinajstić information content (AvgIpc) is 2.74. The predicted molar refractivity (Wildman–Crippen MR) is 64.2 cm³/mol. The first-order valence-corrected chi connectivity index (χ1v) is 6.12. The molecule has 2 aromatic heterocycles. The molecule has 3 rings (SSSR count). The highest BCUT2D eigenvalue weighted by Crippen LogP contribution is 2.31. The zero-order valence-electron chi connectivity index (χ0n) is 9.27. The smallest absolute Gasteiger partial charge is 0.154 e. The number of halogens is 1. The number of fused-ring (bicyclic) bond motifs is 1. The van der Waals surface area contributed by atoms with Crippen LogP contribution in [-0.4, -0.2) is 20.2 Å².